The summed E-state index contributed by atoms with van der Waals surface area (Å²) in [6, 6.07) is 8.00. The van der Waals surface area contributed by atoms with Gasteiger partial charge in [0, 0.05) is 18.2 Å². The summed E-state index contributed by atoms with van der Waals surface area (Å²) in [6.07, 6.45) is 0.474. The number of methoxy groups -OCH3 is 2. The molecule has 8 nitrogen and oxygen atoms in total. The molecule has 44 heavy (non-hydrogen) atoms. The highest BCUT2D eigenvalue weighted by atomic mass is 35.5. The van der Waals surface area contributed by atoms with Crippen molar-refractivity contribution in [2.45, 2.75) is 90.6 Å². The molecule has 0 bridgehead atoms. The van der Waals surface area contributed by atoms with Crippen LogP contribution < -0.4 is 14.2 Å². The van der Waals surface area contributed by atoms with Gasteiger partial charge < -0.3 is 23.6 Å². The second kappa shape index (κ2) is 14.2. The first-order chi connectivity index (χ1) is 20.1. The van der Waals surface area contributed by atoms with E-state index in [2.05, 4.69) is 84.9 Å². The Bertz CT molecular complexity index is 1440. The maximum Gasteiger partial charge on any atom is 0.341 e. The number of ether oxygens (including phenoxy) is 2. The molecule has 0 aromatic heterocycles. The molecule has 0 heterocycles. The number of anilines is 1. The van der Waals surface area contributed by atoms with Gasteiger partial charge in [0.25, 0.3) is 22.5 Å². The van der Waals surface area contributed by atoms with E-state index in [0.29, 0.717) is 33.3 Å². The summed E-state index contributed by atoms with van der Waals surface area (Å²) in [7, 11) is -2.11. The number of esters is 2. The molecular weight excluding hydrogens is 614 g/mol. The van der Waals surface area contributed by atoms with Crippen LogP contribution in [0.3, 0.4) is 0 Å². The maximum absolute atomic E-state index is 13.2. The summed E-state index contributed by atoms with van der Waals surface area (Å²) >= 11 is 6.98. The van der Waals surface area contributed by atoms with Crippen LogP contribution in [0.4, 0.5) is 5.69 Å². The molecule has 0 aliphatic heterocycles. The Morgan fingerprint density at radius 2 is 1.32 bits per heavy atom. The van der Waals surface area contributed by atoms with E-state index in [-0.39, 0.29) is 28.5 Å². The van der Waals surface area contributed by atoms with Crippen LogP contribution in [0.5, 0.6) is 11.5 Å². The number of amides is 1. The largest absolute Gasteiger partial charge is 0.543 e. The molecule has 2 aromatic rings. The van der Waals surface area contributed by atoms with Gasteiger partial charge in [-0.3, -0.25) is 4.79 Å². The molecule has 0 saturated heterocycles. The molecule has 2 rings (SSSR count). The van der Waals surface area contributed by atoms with E-state index >= 15 is 0 Å². The van der Waals surface area contributed by atoms with Crippen molar-refractivity contribution in [3.63, 3.8) is 0 Å². The van der Waals surface area contributed by atoms with Crippen LogP contribution in [0.15, 0.2) is 30.3 Å². The monoisotopic (exact) mass is 659 g/mol. The zero-order valence-corrected chi connectivity index (χ0v) is 30.8. The van der Waals surface area contributed by atoms with Crippen molar-refractivity contribution in [1.29, 1.82) is 0 Å². The Kier molecular flexibility index (Phi) is 11.9. The molecule has 240 valence electrons. The van der Waals surface area contributed by atoms with E-state index < -0.39 is 34.5 Å². The summed E-state index contributed by atoms with van der Waals surface area (Å²) in [4.78, 5) is 37.3. The molecule has 0 aliphatic carbocycles. The predicted octanol–water partition coefficient (Wildman–Crippen LogP) is 8.26. The van der Waals surface area contributed by atoms with E-state index in [9.17, 15) is 14.4 Å². The molecule has 0 spiro atoms. The molecule has 0 atom stereocenters. The fraction of sp³-hybridized carbons (Fsp3) is 0.485. The van der Waals surface area contributed by atoms with Crippen molar-refractivity contribution in [2.24, 2.45) is 0 Å². The summed E-state index contributed by atoms with van der Waals surface area (Å²) < 4.78 is 23.2. The van der Waals surface area contributed by atoms with Gasteiger partial charge in [-0.2, -0.15) is 0 Å². The van der Waals surface area contributed by atoms with Gasteiger partial charge in [0.1, 0.15) is 17.1 Å². The van der Waals surface area contributed by atoms with Crippen LogP contribution >= 0.6 is 11.6 Å². The van der Waals surface area contributed by atoms with E-state index in [0.717, 1.165) is 0 Å². The number of carbonyl (C=O) groups is 3. The standard InChI is InChI=1S/C33H46ClNO7Si2/c1-32(2,3)43(9,10)41-25-21-26(42-44(11,12)33(4,5)6)29(34)24(28(25)31(38)40-8)15-13-14-16-27(36)35-23-19-17-22(18-20-23)30(37)39-7/h17-21H,13,15H2,1-12H3,(H,35,36). The lowest BCUT2D eigenvalue weighted by molar-refractivity contribution is -0.111. The quantitative estimate of drug-likeness (QED) is 0.164. The second-order valence-corrected chi connectivity index (χ2v) is 23.4. The zero-order valence-electron chi connectivity index (χ0n) is 28.0. The first-order valence-corrected chi connectivity index (χ1v) is 20.6. The Labute approximate surface area is 269 Å². The highest BCUT2D eigenvalue weighted by molar-refractivity contribution is 6.75. The Morgan fingerprint density at radius 3 is 1.80 bits per heavy atom. The number of rotatable bonds is 9. The molecule has 0 fully saturated rings. The van der Waals surface area contributed by atoms with Gasteiger partial charge in [-0.05, 0) is 78.4 Å². The van der Waals surface area contributed by atoms with Crippen molar-refractivity contribution in [3.05, 3.63) is 52.0 Å². The van der Waals surface area contributed by atoms with Crippen molar-refractivity contribution >= 4 is 51.8 Å². The van der Waals surface area contributed by atoms with E-state index in [1.54, 1.807) is 30.3 Å². The Morgan fingerprint density at radius 1 is 0.818 bits per heavy atom. The average molecular weight is 660 g/mol. The zero-order chi connectivity index (χ0) is 33.7. The third-order valence-electron chi connectivity index (χ3n) is 8.29. The van der Waals surface area contributed by atoms with Crippen molar-refractivity contribution in [3.8, 4) is 23.3 Å². The number of hydrogen-bond acceptors (Lipinski definition) is 7. The highest BCUT2D eigenvalue weighted by Crippen LogP contribution is 2.46. The normalized spacial score (nSPS) is 12.0. The summed E-state index contributed by atoms with van der Waals surface area (Å²) in [5.74, 6) is 4.72. The van der Waals surface area contributed by atoms with Gasteiger partial charge >= 0.3 is 11.9 Å². The number of hydrogen-bond donors (Lipinski definition) is 1. The minimum absolute atomic E-state index is 0.101. The lowest BCUT2D eigenvalue weighted by Crippen LogP contribution is -2.45. The molecule has 2 aromatic carbocycles. The molecule has 0 saturated carbocycles. The van der Waals surface area contributed by atoms with Crippen molar-refractivity contribution in [2.75, 3.05) is 19.5 Å². The summed E-state index contributed by atoms with van der Waals surface area (Å²) in [6.45, 7) is 21.2. The molecular formula is C33H46ClNO7Si2. The smallest absolute Gasteiger partial charge is 0.341 e. The third-order valence-corrected chi connectivity index (χ3v) is 17.4. The molecule has 1 amide bonds. The van der Waals surface area contributed by atoms with E-state index in [1.165, 1.54) is 14.2 Å². The van der Waals surface area contributed by atoms with Crippen LogP contribution in [0, 0.1) is 11.8 Å². The first kappa shape index (κ1) is 36.9. The van der Waals surface area contributed by atoms with Crippen LogP contribution in [0.25, 0.3) is 0 Å². The number of halogens is 1. The molecule has 0 aliphatic rings. The lowest BCUT2D eigenvalue weighted by atomic mass is 10.0. The van der Waals surface area contributed by atoms with Crippen molar-refractivity contribution < 1.29 is 32.7 Å². The fourth-order valence-electron chi connectivity index (χ4n) is 3.53. The van der Waals surface area contributed by atoms with Gasteiger partial charge in [-0.15, -0.1) is 0 Å². The molecule has 0 radical (unpaired) electrons. The minimum atomic E-state index is -2.40. The molecule has 11 heteroatoms. The van der Waals surface area contributed by atoms with Gasteiger partial charge in [0.2, 0.25) is 0 Å². The topological polar surface area (TPSA) is 100 Å². The predicted molar refractivity (Wildman–Crippen MR) is 181 cm³/mol. The SMILES string of the molecule is COC(=O)c1ccc(NC(=O)C#CCCc2c(Cl)c(O[Si](C)(C)C(C)(C)C)cc(O[Si](C)(C)C(C)(C)C)c2C(=O)OC)cc1. The number of nitrogens with one attached hydrogen (secondary N) is 1. The fourth-order valence-corrected chi connectivity index (χ4v) is 5.91. The van der Waals surface area contributed by atoms with E-state index in [1.807, 2.05) is 0 Å². The molecule has 0 unspecified atom stereocenters. The van der Waals surface area contributed by atoms with Crippen molar-refractivity contribution in [1.82, 2.24) is 0 Å². The molecule has 1 N–H and O–H groups in total. The van der Waals surface area contributed by atoms with Crippen LogP contribution in [-0.4, -0.2) is 48.7 Å². The van der Waals surface area contributed by atoms with Gasteiger partial charge in [0.15, 0.2) is 0 Å². The highest BCUT2D eigenvalue weighted by Gasteiger charge is 2.42. The third kappa shape index (κ3) is 9.13. The van der Waals surface area contributed by atoms with Crippen LogP contribution in [0.2, 0.25) is 41.3 Å². The first-order valence-electron chi connectivity index (χ1n) is 14.4. The Balaban J connectivity index is 2.49. The van der Waals surface area contributed by atoms with Crippen LogP contribution in [0.1, 0.15) is 74.2 Å². The van der Waals surface area contributed by atoms with Gasteiger partial charge in [-0.1, -0.05) is 59.1 Å². The van der Waals surface area contributed by atoms with Gasteiger partial charge in [-0.25, -0.2) is 9.59 Å². The second-order valence-electron chi connectivity index (χ2n) is 13.6. The maximum atomic E-state index is 13.2. The number of carbonyl (C=O) groups excluding carboxylic acids is 3. The van der Waals surface area contributed by atoms with E-state index in [4.69, 9.17) is 29.9 Å². The summed E-state index contributed by atoms with van der Waals surface area (Å²) in [5, 5.41) is 2.74. The lowest BCUT2D eigenvalue weighted by Gasteiger charge is -2.39. The minimum Gasteiger partial charge on any atom is -0.543 e. The summed E-state index contributed by atoms with van der Waals surface area (Å²) in [5.41, 5.74) is 1.58. The van der Waals surface area contributed by atoms with Crippen LogP contribution in [-0.2, 0) is 20.7 Å². The Hall–Kier alpha value is -3.27. The van der Waals surface area contributed by atoms with Gasteiger partial charge in [0.05, 0.1) is 24.8 Å². The average Bonchev–Trinajstić information content (AvgIpc) is 2.91. The number of benzene rings is 2.